The van der Waals surface area contributed by atoms with Crippen LogP contribution in [0.4, 0.5) is 13.2 Å². The lowest BCUT2D eigenvalue weighted by atomic mass is 9.95. The molecule has 1 aliphatic rings. The van der Waals surface area contributed by atoms with Crippen molar-refractivity contribution in [2.24, 2.45) is 0 Å². The Kier molecular flexibility index (Phi) is 5.32. The lowest BCUT2D eigenvalue weighted by Crippen LogP contribution is -2.38. The van der Waals surface area contributed by atoms with Crippen LogP contribution in [0, 0.1) is 0 Å². The number of fused-ring (bicyclic) bond motifs is 1. The van der Waals surface area contributed by atoms with Crippen molar-refractivity contribution in [1.29, 1.82) is 0 Å². The fraction of sp³-hybridized carbons (Fsp3) is 0.250. The Bertz CT molecular complexity index is 1290. The van der Waals surface area contributed by atoms with Gasteiger partial charge in [0.15, 0.2) is 11.3 Å². The second kappa shape index (κ2) is 8.31. The number of carbonyl (C=O) groups excluding carboxylic acids is 1. The maximum absolute atomic E-state index is 13.9. The lowest BCUT2D eigenvalue weighted by molar-refractivity contribution is -0.142. The summed E-state index contributed by atoms with van der Waals surface area (Å²) in [6.45, 7) is 0.500. The molecule has 3 aromatic heterocycles. The topological polar surface area (TPSA) is 63.4 Å². The Balaban J connectivity index is 1.63. The van der Waals surface area contributed by atoms with Crippen LogP contribution in [0.5, 0.6) is 0 Å². The summed E-state index contributed by atoms with van der Waals surface area (Å²) in [6.07, 6.45) is 2.43. The van der Waals surface area contributed by atoms with Crippen molar-refractivity contribution in [2.75, 3.05) is 6.54 Å². The van der Waals surface area contributed by atoms with Crippen molar-refractivity contribution < 1.29 is 18.0 Å². The van der Waals surface area contributed by atoms with Crippen LogP contribution in [0.3, 0.4) is 0 Å². The van der Waals surface area contributed by atoms with Gasteiger partial charge in [-0.25, -0.2) is 9.50 Å². The van der Waals surface area contributed by atoms with E-state index in [-0.39, 0.29) is 28.9 Å². The van der Waals surface area contributed by atoms with E-state index < -0.39 is 11.9 Å². The van der Waals surface area contributed by atoms with E-state index in [0.29, 0.717) is 16.6 Å². The number of alkyl halides is 3. The molecule has 1 aliphatic heterocycles. The minimum Gasteiger partial charge on any atom is -0.331 e. The van der Waals surface area contributed by atoms with Gasteiger partial charge in [0.2, 0.25) is 0 Å². The van der Waals surface area contributed by atoms with Gasteiger partial charge in [0, 0.05) is 24.5 Å². The molecule has 1 atom stereocenters. The van der Waals surface area contributed by atoms with Gasteiger partial charge in [0.1, 0.15) is 5.56 Å². The predicted octanol–water partition coefficient (Wildman–Crippen LogP) is 5.18. The summed E-state index contributed by atoms with van der Waals surface area (Å²) in [7, 11) is 0. The summed E-state index contributed by atoms with van der Waals surface area (Å²) in [6, 6.07) is 13.1. The number of carbonyl (C=O) groups is 1. The van der Waals surface area contributed by atoms with Crippen molar-refractivity contribution in [1.82, 2.24) is 24.5 Å². The van der Waals surface area contributed by atoms with Gasteiger partial charge in [0.25, 0.3) is 5.91 Å². The third kappa shape index (κ3) is 3.94. The molecule has 168 valence electrons. The minimum atomic E-state index is -4.67. The molecule has 0 spiro atoms. The number of halogens is 3. The number of piperidine rings is 1. The average molecular weight is 451 g/mol. The van der Waals surface area contributed by atoms with Crippen molar-refractivity contribution in [3.05, 3.63) is 83.9 Å². The molecular weight excluding hydrogens is 431 g/mol. The van der Waals surface area contributed by atoms with E-state index in [1.54, 1.807) is 47.6 Å². The maximum atomic E-state index is 13.9. The van der Waals surface area contributed by atoms with Crippen molar-refractivity contribution >= 4 is 11.6 Å². The van der Waals surface area contributed by atoms with Gasteiger partial charge < -0.3 is 4.90 Å². The first-order valence-electron chi connectivity index (χ1n) is 10.7. The van der Waals surface area contributed by atoms with Crippen molar-refractivity contribution in [3.8, 4) is 11.3 Å². The summed E-state index contributed by atoms with van der Waals surface area (Å²) in [5.74, 6) is -0.385. The monoisotopic (exact) mass is 451 g/mol. The number of hydrogen-bond donors (Lipinski definition) is 0. The van der Waals surface area contributed by atoms with Crippen LogP contribution in [0.15, 0.2) is 67.1 Å². The third-order valence-corrected chi connectivity index (χ3v) is 5.90. The van der Waals surface area contributed by atoms with E-state index in [0.717, 1.165) is 30.9 Å². The van der Waals surface area contributed by atoms with Gasteiger partial charge in [-0.2, -0.15) is 18.3 Å². The zero-order chi connectivity index (χ0) is 23.0. The van der Waals surface area contributed by atoms with Crippen LogP contribution in [-0.4, -0.2) is 36.9 Å². The molecule has 0 N–H and O–H groups in total. The number of amides is 1. The van der Waals surface area contributed by atoms with E-state index in [1.165, 1.54) is 6.20 Å². The molecule has 0 unspecified atom stereocenters. The van der Waals surface area contributed by atoms with Crippen molar-refractivity contribution in [2.45, 2.75) is 31.5 Å². The highest BCUT2D eigenvalue weighted by Gasteiger charge is 2.37. The largest absolute Gasteiger partial charge is 0.433 e. The molecule has 0 aliphatic carbocycles. The van der Waals surface area contributed by atoms with Crippen LogP contribution in [0.2, 0.25) is 0 Å². The molecule has 4 aromatic rings. The lowest BCUT2D eigenvalue weighted by Gasteiger charge is -2.35. The second-order valence-electron chi connectivity index (χ2n) is 7.98. The Morgan fingerprint density at radius 3 is 2.58 bits per heavy atom. The fourth-order valence-corrected chi connectivity index (χ4v) is 4.32. The van der Waals surface area contributed by atoms with Crippen LogP contribution in [-0.2, 0) is 6.18 Å². The van der Waals surface area contributed by atoms with Crippen LogP contribution in [0.25, 0.3) is 16.9 Å². The minimum absolute atomic E-state index is 0.0501. The normalized spacial score (nSPS) is 16.8. The first kappa shape index (κ1) is 21.1. The van der Waals surface area contributed by atoms with Gasteiger partial charge in [-0.3, -0.25) is 9.78 Å². The standard InChI is InChI=1S/C24H20F3N5O/c25-24(26,27)21-13-19(16-7-2-1-3-8-16)30-22-18(15-29-32(21)22)23(33)31-12-5-4-10-20(31)17-9-6-11-28-14-17/h1-3,6-9,11,13-15,20H,4-5,10,12H2/t20-/m0/s1. The number of rotatable bonds is 3. The molecule has 1 aromatic carbocycles. The molecule has 0 saturated carbocycles. The number of nitrogens with zero attached hydrogens (tertiary/aromatic N) is 5. The molecule has 5 rings (SSSR count). The molecule has 33 heavy (non-hydrogen) atoms. The van der Waals surface area contributed by atoms with Gasteiger partial charge >= 0.3 is 6.18 Å². The first-order valence-corrected chi connectivity index (χ1v) is 10.7. The molecular formula is C24H20F3N5O. The van der Waals surface area contributed by atoms with Crippen LogP contribution in [0.1, 0.15) is 46.9 Å². The summed E-state index contributed by atoms with van der Waals surface area (Å²) < 4.78 is 42.3. The molecule has 1 amide bonds. The van der Waals surface area contributed by atoms with Gasteiger partial charge in [-0.05, 0) is 37.0 Å². The van der Waals surface area contributed by atoms with Gasteiger partial charge in [-0.1, -0.05) is 36.4 Å². The number of likely N-dealkylation sites (tertiary alicyclic amines) is 1. The number of pyridine rings is 1. The Morgan fingerprint density at radius 1 is 1.03 bits per heavy atom. The molecule has 4 heterocycles. The zero-order valence-electron chi connectivity index (χ0n) is 17.5. The van der Waals surface area contributed by atoms with Gasteiger partial charge in [-0.15, -0.1) is 0 Å². The molecule has 9 heteroatoms. The maximum Gasteiger partial charge on any atom is 0.433 e. The summed E-state index contributed by atoms with van der Waals surface area (Å²) in [5.41, 5.74) is 0.519. The fourth-order valence-electron chi connectivity index (χ4n) is 4.32. The van der Waals surface area contributed by atoms with E-state index in [2.05, 4.69) is 15.1 Å². The van der Waals surface area contributed by atoms with E-state index in [4.69, 9.17) is 0 Å². The first-order chi connectivity index (χ1) is 15.9. The Hall–Kier alpha value is -3.75. The summed E-state index contributed by atoms with van der Waals surface area (Å²) >= 11 is 0. The third-order valence-electron chi connectivity index (χ3n) is 5.90. The van der Waals surface area contributed by atoms with Crippen molar-refractivity contribution in [3.63, 3.8) is 0 Å². The number of aromatic nitrogens is 4. The highest BCUT2D eigenvalue weighted by molar-refractivity contribution is 6.00. The highest BCUT2D eigenvalue weighted by atomic mass is 19.4. The highest BCUT2D eigenvalue weighted by Crippen LogP contribution is 2.35. The predicted molar refractivity (Wildman–Crippen MR) is 115 cm³/mol. The molecule has 6 nitrogen and oxygen atoms in total. The molecule has 1 saturated heterocycles. The average Bonchev–Trinajstić information content (AvgIpc) is 3.27. The molecule has 0 radical (unpaired) electrons. The van der Waals surface area contributed by atoms with Crippen LogP contribution >= 0.6 is 0 Å². The second-order valence-corrected chi connectivity index (χ2v) is 7.98. The van der Waals surface area contributed by atoms with Gasteiger partial charge in [0.05, 0.1) is 17.9 Å². The van der Waals surface area contributed by atoms with E-state index in [1.807, 2.05) is 12.1 Å². The summed E-state index contributed by atoms with van der Waals surface area (Å²) in [4.78, 5) is 23.9. The van der Waals surface area contributed by atoms with E-state index in [9.17, 15) is 18.0 Å². The number of hydrogen-bond acceptors (Lipinski definition) is 4. The molecule has 0 bridgehead atoms. The van der Waals surface area contributed by atoms with Crippen LogP contribution < -0.4 is 0 Å². The van der Waals surface area contributed by atoms with E-state index >= 15 is 0 Å². The quantitative estimate of drug-likeness (QED) is 0.431. The molecule has 1 fully saturated rings. The number of benzene rings is 1. The zero-order valence-corrected chi connectivity index (χ0v) is 17.5. The Labute approximate surface area is 187 Å². The SMILES string of the molecule is O=C(c1cnn2c(C(F)(F)F)cc(-c3ccccc3)nc12)N1CCCC[C@H]1c1cccnc1. The smallest absolute Gasteiger partial charge is 0.331 e. The Morgan fingerprint density at radius 2 is 1.85 bits per heavy atom. The summed E-state index contributed by atoms with van der Waals surface area (Å²) in [5, 5.41) is 3.91.